The molecule has 8 heteroatoms. The Morgan fingerprint density at radius 1 is 1.19 bits per heavy atom. The number of likely N-dealkylation sites (tertiary alicyclic amines) is 1. The molecule has 0 radical (unpaired) electrons. The number of carbonyl (C=O) groups is 1. The molecule has 1 heterocycles. The average Bonchev–Trinajstić information content (AvgIpc) is 3.15. The standard InChI is InChI=1S/C24H31ClN4O2.HI/c1-26-24(27-12-10-20-8-9-21(31-2)15-22(20)25)28-16-19-14-23(30)29(17-19)13-11-18-6-4-3-5-7-18;/h3-9,15,19H,10-14,16-17H2,1-2H3,(H2,26,27,28);1H. The Morgan fingerprint density at radius 2 is 1.97 bits per heavy atom. The molecule has 1 aliphatic heterocycles. The second kappa shape index (κ2) is 13.5. The number of aliphatic imine (C=N–C) groups is 1. The van der Waals surface area contributed by atoms with Gasteiger partial charge in [-0.15, -0.1) is 24.0 Å². The normalized spacial score (nSPS) is 16.0. The van der Waals surface area contributed by atoms with Crippen molar-refractivity contribution in [1.29, 1.82) is 0 Å². The van der Waals surface area contributed by atoms with Crippen molar-refractivity contribution in [3.05, 3.63) is 64.7 Å². The van der Waals surface area contributed by atoms with E-state index in [2.05, 4.69) is 27.8 Å². The summed E-state index contributed by atoms with van der Waals surface area (Å²) in [6.07, 6.45) is 2.25. The highest BCUT2D eigenvalue weighted by atomic mass is 127. The molecule has 6 nitrogen and oxygen atoms in total. The van der Waals surface area contributed by atoms with E-state index >= 15 is 0 Å². The van der Waals surface area contributed by atoms with E-state index in [1.54, 1.807) is 14.2 Å². The van der Waals surface area contributed by atoms with Gasteiger partial charge in [0, 0.05) is 50.6 Å². The van der Waals surface area contributed by atoms with Gasteiger partial charge in [0.15, 0.2) is 5.96 Å². The first-order chi connectivity index (χ1) is 15.1. The van der Waals surface area contributed by atoms with Crippen LogP contribution < -0.4 is 15.4 Å². The number of methoxy groups -OCH3 is 1. The zero-order valence-corrected chi connectivity index (χ0v) is 21.7. The molecule has 1 aliphatic rings. The molecule has 2 N–H and O–H groups in total. The van der Waals surface area contributed by atoms with Gasteiger partial charge in [0.2, 0.25) is 5.91 Å². The molecule has 0 saturated carbocycles. The number of amides is 1. The van der Waals surface area contributed by atoms with E-state index in [0.29, 0.717) is 18.0 Å². The van der Waals surface area contributed by atoms with Crippen LogP contribution in [0.4, 0.5) is 0 Å². The summed E-state index contributed by atoms with van der Waals surface area (Å²) in [5.74, 6) is 2.01. The zero-order chi connectivity index (χ0) is 22.1. The van der Waals surface area contributed by atoms with Crippen LogP contribution in [0.5, 0.6) is 5.75 Å². The van der Waals surface area contributed by atoms with Crippen LogP contribution in [0, 0.1) is 5.92 Å². The van der Waals surface area contributed by atoms with Crippen molar-refractivity contribution < 1.29 is 9.53 Å². The zero-order valence-electron chi connectivity index (χ0n) is 18.6. The van der Waals surface area contributed by atoms with Crippen LogP contribution in [0.15, 0.2) is 53.5 Å². The van der Waals surface area contributed by atoms with Gasteiger partial charge in [-0.1, -0.05) is 48.0 Å². The largest absolute Gasteiger partial charge is 0.497 e. The van der Waals surface area contributed by atoms with Crippen molar-refractivity contribution in [2.75, 3.05) is 40.3 Å². The van der Waals surface area contributed by atoms with Crippen molar-refractivity contribution in [3.63, 3.8) is 0 Å². The van der Waals surface area contributed by atoms with E-state index in [0.717, 1.165) is 49.7 Å². The Labute approximate surface area is 212 Å². The van der Waals surface area contributed by atoms with Gasteiger partial charge >= 0.3 is 0 Å². The van der Waals surface area contributed by atoms with E-state index in [4.69, 9.17) is 16.3 Å². The van der Waals surface area contributed by atoms with Crippen LogP contribution in [0.3, 0.4) is 0 Å². The topological polar surface area (TPSA) is 66.0 Å². The van der Waals surface area contributed by atoms with Crippen molar-refractivity contribution in [2.45, 2.75) is 19.3 Å². The number of hydrogen-bond donors (Lipinski definition) is 2. The van der Waals surface area contributed by atoms with Gasteiger partial charge in [0.1, 0.15) is 5.75 Å². The first-order valence-electron chi connectivity index (χ1n) is 10.7. The Morgan fingerprint density at radius 3 is 2.66 bits per heavy atom. The van der Waals surface area contributed by atoms with E-state index in [9.17, 15) is 4.79 Å². The Balaban J connectivity index is 0.00000363. The minimum absolute atomic E-state index is 0. The molecular formula is C24H32ClIN4O2. The van der Waals surface area contributed by atoms with Crippen molar-refractivity contribution in [1.82, 2.24) is 15.5 Å². The molecule has 0 aromatic heterocycles. The molecule has 2 aromatic rings. The number of nitrogens with one attached hydrogen (secondary N) is 2. The second-order valence-corrected chi connectivity index (χ2v) is 8.14. The molecule has 2 aromatic carbocycles. The summed E-state index contributed by atoms with van der Waals surface area (Å²) in [4.78, 5) is 18.6. The fraction of sp³-hybridized carbons (Fsp3) is 0.417. The number of carbonyl (C=O) groups excluding carboxylic acids is 1. The summed E-state index contributed by atoms with van der Waals surface area (Å²) in [5, 5.41) is 7.37. The first-order valence-corrected chi connectivity index (χ1v) is 11.1. The summed E-state index contributed by atoms with van der Waals surface area (Å²) < 4.78 is 5.19. The van der Waals surface area contributed by atoms with E-state index in [-0.39, 0.29) is 35.8 Å². The number of ether oxygens (including phenoxy) is 1. The lowest BCUT2D eigenvalue weighted by Gasteiger charge is -2.18. The maximum absolute atomic E-state index is 12.4. The number of guanidine groups is 1. The molecule has 0 aliphatic carbocycles. The quantitative estimate of drug-likeness (QED) is 0.274. The number of benzene rings is 2. The van der Waals surface area contributed by atoms with Crippen LogP contribution in [0.2, 0.25) is 5.02 Å². The number of hydrogen-bond acceptors (Lipinski definition) is 3. The predicted molar refractivity (Wildman–Crippen MR) is 141 cm³/mol. The lowest BCUT2D eigenvalue weighted by molar-refractivity contribution is -0.127. The average molecular weight is 571 g/mol. The molecule has 3 rings (SSSR count). The highest BCUT2D eigenvalue weighted by molar-refractivity contribution is 14.0. The molecule has 32 heavy (non-hydrogen) atoms. The van der Waals surface area contributed by atoms with Gasteiger partial charge < -0.3 is 20.3 Å². The lowest BCUT2D eigenvalue weighted by Crippen LogP contribution is -2.41. The molecule has 1 amide bonds. The van der Waals surface area contributed by atoms with Gasteiger partial charge in [-0.05, 0) is 36.1 Å². The van der Waals surface area contributed by atoms with Crippen LogP contribution in [0.1, 0.15) is 17.5 Å². The van der Waals surface area contributed by atoms with Crippen molar-refractivity contribution >= 4 is 47.4 Å². The van der Waals surface area contributed by atoms with Gasteiger partial charge in [-0.25, -0.2) is 0 Å². The lowest BCUT2D eigenvalue weighted by atomic mass is 10.1. The smallest absolute Gasteiger partial charge is 0.223 e. The summed E-state index contributed by atoms with van der Waals surface area (Å²) in [7, 11) is 3.38. The van der Waals surface area contributed by atoms with Crippen LogP contribution in [0.25, 0.3) is 0 Å². The molecule has 0 spiro atoms. The van der Waals surface area contributed by atoms with Crippen LogP contribution in [-0.2, 0) is 17.6 Å². The van der Waals surface area contributed by atoms with Crippen LogP contribution >= 0.6 is 35.6 Å². The Kier molecular flexibility index (Phi) is 11.1. The Hall–Kier alpha value is -2.00. The summed E-state index contributed by atoms with van der Waals surface area (Å²) in [5.41, 5.74) is 2.32. The van der Waals surface area contributed by atoms with E-state index in [1.165, 1.54) is 5.56 Å². The van der Waals surface area contributed by atoms with E-state index < -0.39 is 0 Å². The van der Waals surface area contributed by atoms with Crippen LogP contribution in [-0.4, -0.2) is 57.1 Å². The number of nitrogens with zero attached hydrogens (tertiary/aromatic N) is 2. The van der Waals surface area contributed by atoms with E-state index in [1.807, 2.05) is 41.3 Å². The number of rotatable bonds is 9. The molecule has 1 atom stereocenters. The summed E-state index contributed by atoms with van der Waals surface area (Å²) in [6.45, 7) is 2.99. The molecule has 1 unspecified atom stereocenters. The Bertz CT molecular complexity index is 895. The molecule has 174 valence electrons. The van der Waals surface area contributed by atoms with Gasteiger partial charge in [-0.3, -0.25) is 9.79 Å². The number of halogens is 2. The third-order valence-corrected chi connectivity index (χ3v) is 5.89. The fourth-order valence-corrected chi connectivity index (χ4v) is 4.02. The monoisotopic (exact) mass is 570 g/mol. The van der Waals surface area contributed by atoms with Gasteiger partial charge in [-0.2, -0.15) is 0 Å². The second-order valence-electron chi connectivity index (χ2n) is 7.73. The van der Waals surface area contributed by atoms with Crippen molar-refractivity contribution in [3.8, 4) is 5.75 Å². The molecular weight excluding hydrogens is 539 g/mol. The minimum Gasteiger partial charge on any atom is -0.497 e. The minimum atomic E-state index is 0. The summed E-state index contributed by atoms with van der Waals surface area (Å²) >= 11 is 6.31. The highest BCUT2D eigenvalue weighted by Crippen LogP contribution is 2.22. The summed E-state index contributed by atoms with van der Waals surface area (Å²) in [6, 6.07) is 16.0. The molecule has 0 bridgehead atoms. The van der Waals surface area contributed by atoms with Gasteiger partial charge in [0.05, 0.1) is 7.11 Å². The SMILES string of the molecule is CN=C(NCCc1ccc(OC)cc1Cl)NCC1CC(=O)N(CCc2ccccc2)C1.I. The van der Waals surface area contributed by atoms with Crippen molar-refractivity contribution in [2.24, 2.45) is 10.9 Å². The third kappa shape index (κ3) is 7.85. The first kappa shape index (κ1) is 26.3. The third-order valence-electron chi connectivity index (χ3n) is 5.54. The maximum atomic E-state index is 12.4. The molecule has 1 saturated heterocycles. The highest BCUT2D eigenvalue weighted by Gasteiger charge is 2.29. The van der Waals surface area contributed by atoms with Gasteiger partial charge in [0.25, 0.3) is 0 Å². The maximum Gasteiger partial charge on any atom is 0.223 e. The molecule has 1 fully saturated rings. The fourth-order valence-electron chi connectivity index (χ4n) is 3.75. The predicted octanol–water partition coefficient (Wildman–Crippen LogP) is 3.77.